The minimum atomic E-state index is 0.256. The summed E-state index contributed by atoms with van der Waals surface area (Å²) in [5.74, 6) is 1.79. The molecule has 1 saturated heterocycles. The average molecular weight is 279 g/mol. The van der Waals surface area contributed by atoms with E-state index in [9.17, 15) is 0 Å². The van der Waals surface area contributed by atoms with E-state index in [0.717, 1.165) is 11.7 Å². The van der Waals surface area contributed by atoms with E-state index in [0.29, 0.717) is 6.04 Å². The molecule has 5 nitrogen and oxygen atoms in total. The summed E-state index contributed by atoms with van der Waals surface area (Å²) in [6.07, 6.45) is 5.64. The van der Waals surface area contributed by atoms with Crippen molar-refractivity contribution in [3.8, 4) is 0 Å². The lowest BCUT2D eigenvalue weighted by Crippen LogP contribution is -2.43. The molecule has 2 rings (SSSR count). The zero-order chi connectivity index (χ0) is 14.5. The predicted molar refractivity (Wildman–Crippen MR) is 81.5 cm³/mol. The van der Waals surface area contributed by atoms with Gasteiger partial charge in [0, 0.05) is 13.1 Å². The molecule has 1 fully saturated rings. The van der Waals surface area contributed by atoms with Crippen LogP contribution in [0.4, 0.5) is 0 Å². The summed E-state index contributed by atoms with van der Waals surface area (Å²) < 4.78 is 1.99. The zero-order valence-corrected chi connectivity index (χ0v) is 13.3. The van der Waals surface area contributed by atoms with Crippen molar-refractivity contribution >= 4 is 0 Å². The Morgan fingerprint density at radius 3 is 2.60 bits per heavy atom. The summed E-state index contributed by atoms with van der Waals surface area (Å²) in [6.45, 7) is 10.5. The minimum Gasteiger partial charge on any atom is -0.319 e. The van der Waals surface area contributed by atoms with Gasteiger partial charge in [0.2, 0.25) is 0 Å². The minimum absolute atomic E-state index is 0.256. The van der Waals surface area contributed by atoms with Crippen LogP contribution in [0.25, 0.3) is 0 Å². The highest BCUT2D eigenvalue weighted by atomic mass is 15.3. The number of aryl methyl sites for hydroxylation is 1. The molecule has 2 heterocycles. The summed E-state index contributed by atoms with van der Waals surface area (Å²) >= 11 is 0. The monoisotopic (exact) mass is 279 g/mol. The maximum Gasteiger partial charge on any atom is 0.149 e. The van der Waals surface area contributed by atoms with Crippen molar-refractivity contribution in [1.29, 1.82) is 0 Å². The second-order valence-corrected chi connectivity index (χ2v) is 6.16. The van der Waals surface area contributed by atoms with Gasteiger partial charge in [-0.1, -0.05) is 6.92 Å². The summed E-state index contributed by atoms with van der Waals surface area (Å²) in [7, 11) is 2.00. The van der Waals surface area contributed by atoms with Crippen LogP contribution in [0.5, 0.6) is 0 Å². The molecule has 0 aliphatic carbocycles. The van der Waals surface area contributed by atoms with Crippen molar-refractivity contribution in [2.75, 3.05) is 19.6 Å². The SMILES string of the molecule is CCCN1CCC(C(C)NC(C)c2nncn2C)CC1. The molecule has 114 valence electrons. The van der Waals surface area contributed by atoms with E-state index < -0.39 is 0 Å². The summed E-state index contributed by atoms with van der Waals surface area (Å²) in [5, 5.41) is 11.8. The standard InChI is InChI=1S/C15H29N5/c1-5-8-20-9-6-14(7-10-20)12(2)17-13(3)15-18-16-11-19(15)4/h11-14,17H,5-10H2,1-4H3. The van der Waals surface area contributed by atoms with Gasteiger partial charge in [-0.15, -0.1) is 10.2 Å². The van der Waals surface area contributed by atoms with Crippen LogP contribution in [0.15, 0.2) is 6.33 Å². The fourth-order valence-electron chi connectivity index (χ4n) is 3.28. The number of nitrogens with zero attached hydrogens (tertiary/aromatic N) is 4. The highest BCUT2D eigenvalue weighted by Gasteiger charge is 2.25. The van der Waals surface area contributed by atoms with E-state index in [1.165, 1.54) is 38.9 Å². The van der Waals surface area contributed by atoms with Crippen LogP contribution < -0.4 is 5.32 Å². The Hall–Kier alpha value is -0.940. The average Bonchev–Trinajstić information content (AvgIpc) is 2.86. The fraction of sp³-hybridized carbons (Fsp3) is 0.867. The van der Waals surface area contributed by atoms with E-state index >= 15 is 0 Å². The van der Waals surface area contributed by atoms with E-state index in [2.05, 4.69) is 41.2 Å². The molecule has 1 aromatic heterocycles. The van der Waals surface area contributed by atoms with Crippen molar-refractivity contribution in [2.45, 2.75) is 52.1 Å². The molecule has 0 saturated carbocycles. The Morgan fingerprint density at radius 2 is 2.05 bits per heavy atom. The number of aromatic nitrogens is 3. The highest BCUT2D eigenvalue weighted by molar-refractivity contribution is 4.94. The second kappa shape index (κ2) is 7.18. The molecule has 0 aromatic carbocycles. The van der Waals surface area contributed by atoms with E-state index in [-0.39, 0.29) is 6.04 Å². The number of likely N-dealkylation sites (tertiary alicyclic amines) is 1. The highest BCUT2D eigenvalue weighted by Crippen LogP contribution is 2.22. The lowest BCUT2D eigenvalue weighted by molar-refractivity contribution is 0.158. The number of hydrogen-bond donors (Lipinski definition) is 1. The first-order valence-corrected chi connectivity index (χ1v) is 7.94. The number of piperidine rings is 1. The maximum absolute atomic E-state index is 4.19. The van der Waals surface area contributed by atoms with Gasteiger partial charge in [-0.3, -0.25) is 0 Å². The van der Waals surface area contributed by atoms with Gasteiger partial charge in [-0.2, -0.15) is 0 Å². The summed E-state index contributed by atoms with van der Waals surface area (Å²) in [4.78, 5) is 2.59. The molecular weight excluding hydrogens is 250 g/mol. The van der Waals surface area contributed by atoms with Gasteiger partial charge in [-0.05, 0) is 58.7 Å². The Bertz CT molecular complexity index is 395. The van der Waals surface area contributed by atoms with Crippen molar-refractivity contribution in [1.82, 2.24) is 25.0 Å². The Kier molecular flexibility index (Phi) is 5.54. The lowest BCUT2D eigenvalue weighted by atomic mass is 9.90. The molecule has 1 N–H and O–H groups in total. The lowest BCUT2D eigenvalue weighted by Gasteiger charge is -2.36. The van der Waals surface area contributed by atoms with Crippen LogP contribution in [0.2, 0.25) is 0 Å². The van der Waals surface area contributed by atoms with Crippen molar-refractivity contribution in [3.05, 3.63) is 12.2 Å². The van der Waals surface area contributed by atoms with Gasteiger partial charge in [0.15, 0.2) is 0 Å². The van der Waals surface area contributed by atoms with Crippen LogP contribution in [0, 0.1) is 5.92 Å². The molecule has 1 aromatic rings. The van der Waals surface area contributed by atoms with Crippen LogP contribution in [-0.2, 0) is 7.05 Å². The van der Waals surface area contributed by atoms with Crippen LogP contribution in [0.1, 0.15) is 51.9 Å². The van der Waals surface area contributed by atoms with Gasteiger partial charge < -0.3 is 14.8 Å². The first kappa shape index (κ1) is 15.4. The second-order valence-electron chi connectivity index (χ2n) is 6.16. The molecule has 2 unspecified atom stereocenters. The molecule has 0 amide bonds. The van der Waals surface area contributed by atoms with E-state index in [1.807, 2.05) is 11.6 Å². The predicted octanol–water partition coefficient (Wildman–Crippen LogP) is 1.98. The molecule has 1 aliphatic heterocycles. The third kappa shape index (κ3) is 3.79. The van der Waals surface area contributed by atoms with Gasteiger partial charge in [0.1, 0.15) is 12.2 Å². The van der Waals surface area contributed by atoms with Crippen LogP contribution in [-0.4, -0.2) is 45.3 Å². The van der Waals surface area contributed by atoms with Gasteiger partial charge in [0.25, 0.3) is 0 Å². The van der Waals surface area contributed by atoms with Crippen LogP contribution in [0.3, 0.4) is 0 Å². The number of hydrogen-bond acceptors (Lipinski definition) is 4. The fourth-order valence-corrected chi connectivity index (χ4v) is 3.28. The first-order valence-electron chi connectivity index (χ1n) is 7.94. The van der Waals surface area contributed by atoms with Crippen LogP contribution >= 0.6 is 0 Å². The largest absolute Gasteiger partial charge is 0.319 e. The third-order valence-electron chi connectivity index (χ3n) is 4.53. The van der Waals surface area contributed by atoms with Crippen molar-refractivity contribution in [3.63, 3.8) is 0 Å². The van der Waals surface area contributed by atoms with Gasteiger partial charge >= 0.3 is 0 Å². The first-order chi connectivity index (χ1) is 9.61. The summed E-state index contributed by atoms with van der Waals surface area (Å²) in [6, 6.07) is 0.789. The summed E-state index contributed by atoms with van der Waals surface area (Å²) in [5.41, 5.74) is 0. The Morgan fingerprint density at radius 1 is 1.35 bits per heavy atom. The number of rotatable bonds is 6. The van der Waals surface area contributed by atoms with Gasteiger partial charge in [-0.25, -0.2) is 0 Å². The molecule has 2 atom stereocenters. The topological polar surface area (TPSA) is 46.0 Å². The van der Waals surface area contributed by atoms with Crippen molar-refractivity contribution < 1.29 is 0 Å². The molecule has 0 spiro atoms. The molecule has 0 bridgehead atoms. The zero-order valence-electron chi connectivity index (χ0n) is 13.3. The normalized spacial score (nSPS) is 21.0. The van der Waals surface area contributed by atoms with E-state index in [1.54, 1.807) is 6.33 Å². The van der Waals surface area contributed by atoms with Gasteiger partial charge in [0.05, 0.1) is 6.04 Å². The quantitative estimate of drug-likeness (QED) is 0.865. The van der Waals surface area contributed by atoms with E-state index in [4.69, 9.17) is 0 Å². The molecular formula is C15H29N5. The smallest absolute Gasteiger partial charge is 0.149 e. The molecule has 20 heavy (non-hydrogen) atoms. The molecule has 0 radical (unpaired) electrons. The third-order valence-corrected chi connectivity index (χ3v) is 4.53. The number of nitrogens with one attached hydrogen (secondary N) is 1. The Balaban J connectivity index is 1.81. The maximum atomic E-state index is 4.19. The van der Waals surface area contributed by atoms with Crippen molar-refractivity contribution in [2.24, 2.45) is 13.0 Å². The molecule has 5 heteroatoms. The Labute approximate surface area is 122 Å². The molecule has 1 aliphatic rings.